The van der Waals surface area contributed by atoms with Crippen LogP contribution in [-0.4, -0.2) is 27.6 Å². The molecule has 0 spiro atoms. The van der Waals surface area contributed by atoms with E-state index in [4.69, 9.17) is 27.9 Å². The quantitative estimate of drug-likeness (QED) is 0.269. The molecule has 1 atom stereocenters. The fraction of sp³-hybridized carbons (Fsp3) is 0.429. The van der Waals surface area contributed by atoms with Crippen LogP contribution in [0.2, 0.25) is 0 Å². The van der Waals surface area contributed by atoms with E-state index in [0.717, 1.165) is 6.07 Å². The van der Waals surface area contributed by atoms with Crippen LogP contribution in [0.3, 0.4) is 0 Å². The number of Topliss-reactive ketones (excluding diaryl/α,β-unsaturated/α-hetero) is 1. The summed E-state index contributed by atoms with van der Waals surface area (Å²) in [7, 11) is 0. The topological polar surface area (TPSA) is 86.5 Å². The molecule has 118 valence electrons. The van der Waals surface area contributed by atoms with Crippen molar-refractivity contribution < 1.29 is 19.2 Å². The van der Waals surface area contributed by atoms with Gasteiger partial charge in [-0.3, -0.25) is 19.7 Å². The van der Waals surface area contributed by atoms with Crippen LogP contribution in [0.15, 0.2) is 18.2 Å². The largest absolute Gasteiger partial charge is 0.457 e. The molecule has 1 fully saturated rings. The number of halogens is 2. The number of carbonyl (C=O) groups is 2. The summed E-state index contributed by atoms with van der Waals surface area (Å²) in [5.74, 6) is -1.19. The molecule has 6 nitrogen and oxygen atoms in total. The molecule has 1 aromatic rings. The summed E-state index contributed by atoms with van der Waals surface area (Å²) in [6.07, 6.45) is 0.256. The second kappa shape index (κ2) is 5.52. The number of ether oxygens (including phenoxy) is 1. The van der Waals surface area contributed by atoms with Crippen LogP contribution in [0.4, 0.5) is 5.69 Å². The van der Waals surface area contributed by atoms with Crippen LogP contribution in [-0.2, 0) is 9.53 Å². The highest BCUT2D eigenvalue weighted by atomic mass is 35.5. The van der Waals surface area contributed by atoms with Crippen molar-refractivity contribution in [2.45, 2.75) is 24.6 Å². The van der Waals surface area contributed by atoms with Crippen molar-refractivity contribution in [1.82, 2.24) is 0 Å². The SMILES string of the molecule is Cc1ccc(C(=O)COC(=O)[C@@]2(C)CC2(Cl)Cl)cc1[N+](=O)[O-]. The number of nitro groups is 1. The first-order valence-corrected chi connectivity index (χ1v) is 7.17. The van der Waals surface area contributed by atoms with Gasteiger partial charge < -0.3 is 4.74 Å². The van der Waals surface area contributed by atoms with Crippen molar-refractivity contribution in [2.24, 2.45) is 5.41 Å². The third-order valence-electron chi connectivity index (χ3n) is 3.77. The van der Waals surface area contributed by atoms with Crippen LogP contribution in [0.5, 0.6) is 0 Å². The van der Waals surface area contributed by atoms with Crippen LogP contribution >= 0.6 is 23.2 Å². The number of hydrogen-bond acceptors (Lipinski definition) is 5. The minimum Gasteiger partial charge on any atom is -0.457 e. The summed E-state index contributed by atoms with van der Waals surface area (Å²) >= 11 is 11.7. The van der Waals surface area contributed by atoms with E-state index in [0.29, 0.717) is 5.56 Å². The van der Waals surface area contributed by atoms with Crippen molar-refractivity contribution in [1.29, 1.82) is 0 Å². The zero-order valence-corrected chi connectivity index (χ0v) is 13.4. The molecule has 8 heteroatoms. The maximum absolute atomic E-state index is 12.0. The van der Waals surface area contributed by atoms with Crippen molar-refractivity contribution in [3.63, 3.8) is 0 Å². The molecule has 1 aliphatic carbocycles. The lowest BCUT2D eigenvalue weighted by Gasteiger charge is -2.11. The second-order valence-corrected chi connectivity index (χ2v) is 6.95. The molecule has 1 saturated carbocycles. The molecule has 0 heterocycles. The predicted octanol–water partition coefficient (Wildman–Crippen LogP) is 3.21. The van der Waals surface area contributed by atoms with Crippen LogP contribution < -0.4 is 0 Å². The van der Waals surface area contributed by atoms with Gasteiger partial charge in [0, 0.05) is 23.6 Å². The summed E-state index contributed by atoms with van der Waals surface area (Å²) in [5.41, 5.74) is -0.630. The lowest BCUT2D eigenvalue weighted by Crippen LogP contribution is -2.24. The van der Waals surface area contributed by atoms with Crippen LogP contribution in [0.1, 0.15) is 29.3 Å². The molecule has 0 aromatic heterocycles. The van der Waals surface area contributed by atoms with Gasteiger partial charge in [0.25, 0.3) is 5.69 Å². The first kappa shape index (κ1) is 16.7. The van der Waals surface area contributed by atoms with Gasteiger partial charge in [-0.05, 0) is 13.8 Å². The van der Waals surface area contributed by atoms with E-state index < -0.39 is 33.0 Å². The minimum absolute atomic E-state index is 0.106. The number of alkyl halides is 2. The molecule has 0 radical (unpaired) electrons. The van der Waals surface area contributed by atoms with Gasteiger partial charge in [-0.25, -0.2) is 0 Å². The van der Waals surface area contributed by atoms with E-state index >= 15 is 0 Å². The van der Waals surface area contributed by atoms with Crippen molar-refractivity contribution in [3.8, 4) is 0 Å². The van der Waals surface area contributed by atoms with Crippen molar-refractivity contribution in [3.05, 3.63) is 39.4 Å². The number of carbonyl (C=O) groups excluding carboxylic acids is 2. The Kier molecular flexibility index (Phi) is 4.19. The third-order valence-corrected chi connectivity index (χ3v) is 4.87. The van der Waals surface area contributed by atoms with Gasteiger partial charge in [-0.15, -0.1) is 23.2 Å². The van der Waals surface area contributed by atoms with Crippen molar-refractivity contribution in [2.75, 3.05) is 6.61 Å². The van der Waals surface area contributed by atoms with Gasteiger partial charge >= 0.3 is 5.97 Å². The predicted molar refractivity (Wildman–Crippen MR) is 80.3 cm³/mol. The maximum atomic E-state index is 12.0. The Bertz CT molecular complexity index is 673. The minimum atomic E-state index is -1.17. The van der Waals surface area contributed by atoms with Gasteiger partial charge in [-0.1, -0.05) is 12.1 Å². The Balaban J connectivity index is 2.03. The Morgan fingerprint density at radius 2 is 2.00 bits per heavy atom. The third kappa shape index (κ3) is 2.94. The first-order valence-electron chi connectivity index (χ1n) is 6.42. The standard InChI is InChI=1S/C14H13Cl2NO5/c1-8-3-4-9(5-10(8)17(20)21)11(18)6-22-12(19)13(2)7-14(13,15)16/h3-5H,6-7H2,1-2H3/t13-/m1/s1. The Morgan fingerprint density at radius 3 is 2.50 bits per heavy atom. The number of benzene rings is 1. The molecule has 1 aliphatic rings. The number of nitrogens with zero attached hydrogens (tertiary/aromatic N) is 1. The average Bonchev–Trinajstić information content (AvgIpc) is 2.96. The molecule has 0 N–H and O–H groups in total. The molecular formula is C14H13Cl2NO5. The molecule has 0 bridgehead atoms. The lowest BCUT2D eigenvalue weighted by atomic mass is 10.1. The fourth-order valence-electron chi connectivity index (χ4n) is 1.97. The molecule has 2 rings (SSSR count). The monoisotopic (exact) mass is 345 g/mol. The van der Waals surface area contributed by atoms with Gasteiger partial charge in [0.1, 0.15) is 9.75 Å². The highest BCUT2D eigenvalue weighted by Crippen LogP contribution is 2.64. The summed E-state index contributed by atoms with van der Waals surface area (Å²) in [4.78, 5) is 34.1. The number of rotatable bonds is 5. The first-order chi connectivity index (χ1) is 10.1. The number of hydrogen-bond donors (Lipinski definition) is 0. The summed E-state index contributed by atoms with van der Waals surface area (Å²) in [6, 6.07) is 4.08. The van der Waals surface area contributed by atoms with E-state index in [9.17, 15) is 19.7 Å². The molecule has 0 saturated heterocycles. The van der Waals surface area contributed by atoms with Gasteiger partial charge in [-0.2, -0.15) is 0 Å². The zero-order valence-electron chi connectivity index (χ0n) is 11.9. The van der Waals surface area contributed by atoms with E-state index in [-0.39, 0.29) is 17.7 Å². The van der Waals surface area contributed by atoms with Gasteiger partial charge in [0.05, 0.1) is 4.92 Å². The van der Waals surface area contributed by atoms with Gasteiger partial charge in [0.15, 0.2) is 6.61 Å². The summed E-state index contributed by atoms with van der Waals surface area (Å²) in [5, 5.41) is 10.9. The van der Waals surface area contributed by atoms with E-state index in [1.807, 2.05) is 0 Å². The number of ketones is 1. The van der Waals surface area contributed by atoms with Crippen LogP contribution in [0.25, 0.3) is 0 Å². The Morgan fingerprint density at radius 1 is 1.41 bits per heavy atom. The molecule has 1 aromatic carbocycles. The number of nitro benzene ring substituents is 1. The van der Waals surface area contributed by atoms with Gasteiger partial charge in [0.2, 0.25) is 5.78 Å². The maximum Gasteiger partial charge on any atom is 0.315 e. The molecular weight excluding hydrogens is 333 g/mol. The molecule has 22 heavy (non-hydrogen) atoms. The van der Waals surface area contributed by atoms with Crippen LogP contribution in [0, 0.1) is 22.5 Å². The van der Waals surface area contributed by atoms with E-state index in [1.54, 1.807) is 13.8 Å². The lowest BCUT2D eigenvalue weighted by molar-refractivity contribution is -0.385. The Labute approximate surface area is 136 Å². The molecule has 0 amide bonds. The van der Waals surface area contributed by atoms with E-state index in [2.05, 4.69) is 0 Å². The summed E-state index contributed by atoms with van der Waals surface area (Å²) in [6.45, 7) is 2.61. The smallest absolute Gasteiger partial charge is 0.315 e. The highest BCUT2D eigenvalue weighted by Gasteiger charge is 2.69. The average molecular weight is 346 g/mol. The highest BCUT2D eigenvalue weighted by molar-refractivity contribution is 6.53. The Hall–Kier alpha value is -1.66. The fourth-order valence-corrected chi connectivity index (χ4v) is 2.66. The summed E-state index contributed by atoms with van der Waals surface area (Å²) < 4.78 is 3.75. The zero-order chi connectivity index (χ0) is 16.7. The molecule has 0 aliphatic heterocycles. The van der Waals surface area contributed by atoms with Crippen molar-refractivity contribution >= 4 is 40.6 Å². The number of aryl methyl sites for hydroxylation is 1. The number of esters is 1. The second-order valence-electron chi connectivity index (χ2n) is 5.47. The molecule has 0 unspecified atom stereocenters. The normalized spacial score (nSPS) is 22.0. The van der Waals surface area contributed by atoms with E-state index in [1.165, 1.54) is 12.1 Å².